The highest BCUT2D eigenvalue weighted by molar-refractivity contribution is 4.97. The van der Waals surface area contributed by atoms with Gasteiger partial charge in [0.1, 0.15) is 0 Å². The normalized spacial score (nSPS) is 20.8. The van der Waals surface area contributed by atoms with Crippen molar-refractivity contribution in [1.82, 2.24) is 0 Å². The number of hydrogen-bond acceptors (Lipinski definition) is 2. The van der Waals surface area contributed by atoms with E-state index >= 15 is 0 Å². The summed E-state index contributed by atoms with van der Waals surface area (Å²) < 4.78 is 11.4. The molecule has 160 valence electrons. The predicted octanol–water partition coefficient (Wildman–Crippen LogP) is 7.92. The van der Waals surface area contributed by atoms with E-state index in [2.05, 4.69) is 40.7 Å². The third-order valence-corrected chi connectivity index (χ3v) is 5.99. The van der Waals surface area contributed by atoms with Crippen LogP contribution >= 0.6 is 0 Å². The molecule has 2 heteroatoms. The second-order valence-electron chi connectivity index (χ2n) is 9.54. The lowest BCUT2D eigenvalue weighted by Gasteiger charge is -2.22. The van der Waals surface area contributed by atoms with Crippen LogP contribution in [0.2, 0.25) is 0 Å². The molecule has 0 amide bonds. The van der Waals surface area contributed by atoms with E-state index in [9.17, 15) is 0 Å². The lowest BCUT2D eigenvalue weighted by Crippen LogP contribution is -2.22. The Morgan fingerprint density at radius 3 is 2.15 bits per heavy atom. The molecule has 0 unspecified atom stereocenters. The van der Waals surface area contributed by atoms with Gasteiger partial charge in [0, 0.05) is 6.61 Å². The SMILES string of the molecule is C/C(=C\CO[C@H]1CCCCO1)CCC[C@H](C)CCC[C@H](C)CCCC(C)C. The van der Waals surface area contributed by atoms with E-state index in [-0.39, 0.29) is 6.29 Å². The van der Waals surface area contributed by atoms with Crippen molar-refractivity contribution in [2.45, 2.75) is 118 Å². The standard InChI is InChI=1S/C25H48O2/c1-21(2)11-8-12-22(3)13-9-14-23(4)15-10-16-24(5)18-20-27-25-17-6-7-19-26-25/h18,21-23,25H,6-17,19-20H2,1-5H3/b24-18+/t22-,23-,25+/m1/s1. The van der Waals surface area contributed by atoms with Crippen molar-refractivity contribution in [2.24, 2.45) is 17.8 Å². The van der Waals surface area contributed by atoms with Gasteiger partial charge in [-0.05, 0) is 56.8 Å². The molecule has 2 nitrogen and oxygen atoms in total. The molecule has 1 aliphatic rings. The van der Waals surface area contributed by atoms with E-state index in [1.807, 2.05) is 0 Å². The van der Waals surface area contributed by atoms with Gasteiger partial charge in [-0.25, -0.2) is 0 Å². The molecule has 1 rings (SSSR count). The van der Waals surface area contributed by atoms with Gasteiger partial charge < -0.3 is 9.47 Å². The molecule has 1 saturated heterocycles. The Morgan fingerprint density at radius 1 is 0.926 bits per heavy atom. The first-order chi connectivity index (χ1) is 13.0. The van der Waals surface area contributed by atoms with Gasteiger partial charge in [0.05, 0.1) is 6.61 Å². The summed E-state index contributed by atoms with van der Waals surface area (Å²) in [6.07, 6.45) is 18.1. The number of ether oxygens (including phenoxy) is 2. The lowest BCUT2D eigenvalue weighted by molar-refractivity contribution is -0.155. The Balaban J connectivity index is 1.98. The summed E-state index contributed by atoms with van der Waals surface area (Å²) in [5.74, 6) is 2.64. The fourth-order valence-corrected chi connectivity index (χ4v) is 3.95. The molecular weight excluding hydrogens is 332 g/mol. The molecule has 0 bridgehead atoms. The fraction of sp³-hybridized carbons (Fsp3) is 0.920. The van der Waals surface area contributed by atoms with Crippen molar-refractivity contribution in [2.75, 3.05) is 13.2 Å². The Kier molecular flexibility index (Phi) is 14.2. The Bertz CT molecular complexity index is 369. The van der Waals surface area contributed by atoms with E-state index in [4.69, 9.17) is 9.47 Å². The molecule has 0 aromatic carbocycles. The highest BCUT2D eigenvalue weighted by Crippen LogP contribution is 2.22. The van der Waals surface area contributed by atoms with Crippen LogP contribution in [0.4, 0.5) is 0 Å². The molecule has 0 aromatic heterocycles. The predicted molar refractivity (Wildman–Crippen MR) is 118 cm³/mol. The van der Waals surface area contributed by atoms with Crippen LogP contribution in [0.1, 0.15) is 112 Å². The minimum Gasteiger partial charge on any atom is -0.353 e. The van der Waals surface area contributed by atoms with Gasteiger partial charge in [0.15, 0.2) is 6.29 Å². The van der Waals surface area contributed by atoms with E-state index < -0.39 is 0 Å². The minimum absolute atomic E-state index is 0.0376. The molecule has 27 heavy (non-hydrogen) atoms. The van der Waals surface area contributed by atoms with Crippen molar-refractivity contribution in [1.29, 1.82) is 0 Å². The summed E-state index contributed by atoms with van der Waals surface area (Å²) in [4.78, 5) is 0. The molecule has 0 N–H and O–H groups in total. The van der Waals surface area contributed by atoms with E-state index in [0.29, 0.717) is 6.61 Å². The molecule has 1 fully saturated rings. The van der Waals surface area contributed by atoms with Gasteiger partial charge in [-0.1, -0.05) is 84.3 Å². The molecule has 0 aromatic rings. The highest BCUT2D eigenvalue weighted by atomic mass is 16.7. The van der Waals surface area contributed by atoms with Crippen molar-refractivity contribution in [3.8, 4) is 0 Å². The smallest absolute Gasteiger partial charge is 0.157 e. The minimum atomic E-state index is 0.0376. The lowest BCUT2D eigenvalue weighted by atomic mass is 9.91. The summed E-state index contributed by atoms with van der Waals surface area (Å²) in [5, 5.41) is 0. The number of hydrogen-bond donors (Lipinski definition) is 0. The first kappa shape index (κ1) is 24.7. The monoisotopic (exact) mass is 380 g/mol. The van der Waals surface area contributed by atoms with Gasteiger partial charge in [0.2, 0.25) is 0 Å². The third kappa shape index (κ3) is 14.3. The molecule has 0 aliphatic carbocycles. The van der Waals surface area contributed by atoms with Crippen molar-refractivity contribution >= 4 is 0 Å². The molecule has 1 aliphatic heterocycles. The van der Waals surface area contributed by atoms with Crippen LogP contribution in [0.3, 0.4) is 0 Å². The van der Waals surface area contributed by atoms with Crippen molar-refractivity contribution < 1.29 is 9.47 Å². The zero-order valence-electron chi connectivity index (χ0n) is 19.1. The van der Waals surface area contributed by atoms with E-state index in [0.717, 1.165) is 30.8 Å². The van der Waals surface area contributed by atoms with Gasteiger partial charge >= 0.3 is 0 Å². The zero-order valence-corrected chi connectivity index (χ0v) is 19.1. The molecule has 0 radical (unpaired) electrons. The van der Waals surface area contributed by atoms with E-state index in [1.165, 1.54) is 76.2 Å². The van der Waals surface area contributed by atoms with Crippen molar-refractivity contribution in [3.63, 3.8) is 0 Å². The maximum Gasteiger partial charge on any atom is 0.157 e. The first-order valence-corrected chi connectivity index (χ1v) is 11.9. The Morgan fingerprint density at radius 2 is 1.56 bits per heavy atom. The fourth-order valence-electron chi connectivity index (χ4n) is 3.95. The molecular formula is C25H48O2. The van der Waals surface area contributed by atoms with Crippen LogP contribution in [0.15, 0.2) is 11.6 Å². The van der Waals surface area contributed by atoms with Crippen LogP contribution in [0.25, 0.3) is 0 Å². The summed E-state index contributed by atoms with van der Waals surface area (Å²) in [7, 11) is 0. The molecule has 1 heterocycles. The second kappa shape index (κ2) is 15.6. The largest absolute Gasteiger partial charge is 0.353 e. The average Bonchev–Trinajstić information content (AvgIpc) is 2.62. The van der Waals surface area contributed by atoms with Crippen LogP contribution in [0.5, 0.6) is 0 Å². The summed E-state index contributed by atoms with van der Waals surface area (Å²) >= 11 is 0. The second-order valence-corrected chi connectivity index (χ2v) is 9.54. The number of rotatable bonds is 15. The van der Waals surface area contributed by atoms with Crippen LogP contribution in [0, 0.1) is 17.8 Å². The van der Waals surface area contributed by atoms with Crippen LogP contribution in [-0.2, 0) is 9.47 Å². The topological polar surface area (TPSA) is 18.5 Å². The van der Waals surface area contributed by atoms with Gasteiger partial charge in [0.25, 0.3) is 0 Å². The van der Waals surface area contributed by atoms with Gasteiger partial charge in [-0.15, -0.1) is 0 Å². The molecule has 0 saturated carbocycles. The zero-order chi connectivity index (χ0) is 19.9. The Hall–Kier alpha value is -0.340. The maximum absolute atomic E-state index is 5.80. The Labute approximate surface area is 170 Å². The third-order valence-electron chi connectivity index (χ3n) is 5.99. The van der Waals surface area contributed by atoms with Gasteiger partial charge in [-0.3, -0.25) is 0 Å². The first-order valence-electron chi connectivity index (χ1n) is 11.9. The summed E-state index contributed by atoms with van der Waals surface area (Å²) in [6.45, 7) is 13.4. The quantitative estimate of drug-likeness (QED) is 0.269. The maximum atomic E-state index is 5.80. The summed E-state index contributed by atoms with van der Waals surface area (Å²) in [5.41, 5.74) is 1.47. The number of allylic oxidation sites excluding steroid dienone is 1. The average molecular weight is 381 g/mol. The molecule has 3 atom stereocenters. The summed E-state index contributed by atoms with van der Waals surface area (Å²) in [6, 6.07) is 0. The highest BCUT2D eigenvalue weighted by Gasteiger charge is 2.13. The van der Waals surface area contributed by atoms with Crippen molar-refractivity contribution in [3.05, 3.63) is 11.6 Å². The van der Waals surface area contributed by atoms with Crippen LogP contribution in [-0.4, -0.2) is 19.5 Å². The molecule has 0 spiro atoms. The van der Waals surface area contributed by atoms with Gasteiger partial charge in [-0.2, -0.15) is 0 Å². The van der Waals surface area contributed by atoms with Crippen LogP contribution < -0.4 is 0 Å². The van der Waals surface area contributed by atoms with E-state index in [1.54, 1.807) is 0 Å².